The highest BCUT2D eigenvalue weighted by molar-refractivity contribution is 5.59. The molecule has 1 heterocycles. The van der Waals surface area contributed by atoms with Gasteiger partial charge in [0.15, 0.2) is 11.5 Å². The predicted octanol–water partition coefficient (Wildman–Crippen LogP) is 3.65. The van der Waals surface area contributed by atoms with E-state index in [1.54, 1.807) is 21.3 Å². The third-order valence-electron chi connectivity index (χ3n) is 5.31. The summed E-state index contributed by atoms with van der Waals surface area (Å²) in [5.41, 5.74) is 5.21. The molecule has 3 rings (SSSR count). The summed E-state index contributed by atoms with van der Waals surface area (Å²) in [5, 5.41) is 0. The summed E-state index contributed by atoms with van der Waals surface area (Å²) >= 11 is 0. The molecule has 146 valence electrons. The lowest BCUT2D eigenvalue weighted by Gasteiger charge is -2.37. The van der Waals surface area contributed by atoms with Crippen LogP contribution in [0, 0.1) is 13.8 Å². The minimum atomic E-state index is 0.659. The zero-order valence-electron chi connectivity index (χ0n) is 17.0. The standard InChI is InChI=1S/C22H30N2O3/c1-16-7-6-8-17(2)20(16)24-13-11-23(12-14-24)15-18-9-10-19(25-3)22(27-5)21(18)26-4/h6-10H,11-15H2,1-5H3. The van der Waals surface area contributed by atoms with Gasteiger partial charge >= 0.3 is 0 Å². The van der Waals surface area contributed by atoms with Gasteiger partial charge in [-0.2, -0.15) is 0 Å². The van der Waals surface area contributed by atoms with E-state index in [2.05, 4.69) is 47.9 Å². The Morgan fingerprint density at radius 3 is 1.96 bits per heavy atom. The van der Waals surface area contributed by atoms with Crippen LogP contribution in [0.5, 0.6) is 17.2 Å². The molecular weight excluding hydrogens is 340 g/mol. The number of aryl methyl sites for hydroxylation is 2. The maximum Gasteiger partial charge on any atom is 0.203 e. The van der Waals surface area contributed by atoms with E-state index in [1.165, 1.54) is 16.8 Å². The van der Waals surface area contributed by atoms with Crippen LogP contribution < -0.4 is 19.1 Å². The SMILES string of the molecule is COc1ccc(CN2CCN(c3c(C)cccc3C)CC2)c(OC)c1OC. The number of rotatable bonds is 6. The molecule has 1 aliphatic rings. The summed E-state index contributed by atoms with van der Waals surface area (Å²) in [6, 6.07) is 10.5. The summed E-state index contributed by atoms with van der Waals surface area (Å²) < 4.78 is 16.5. The highest BCUT2D eigenvalue weighted by atomic mass is 16.5. The Balaban J connectivity index is 1.71. The fourth-order valence-corrected chi connectivity index (χ4v) is 3.96. The van der Waals surface area contributed by atoms with Crippen molar-refractivity contribution in [2.24, 2.45) is 0 Å². The number of ether oxygens (including phenoxy) is 3. The van der Waals surface area contributed by atoms with Crippen LogP contribution in [0.15, 0.2) is 30.3 Å². The van der Waals surface area contributed by atoms with Crippen molar-refractivity contribution >= 4 is 5.69 Å². The van der Waals surface area contributed by atoms with E-state index in [4.69, 9.17) is 14.2 Å². The van der Waals surface area contributed by atoms with Gasteiger partial charge in [-0.15, -0.1) is 0 Å². The van der Waals surface area contributed by atoms with Crippen molar-refractivity contribution in [3.63, 3.8) is 0 Å². The molecule has 0 atom stereocenters. The Bertz CT molecular complexity index is 763. The second-order valence-corrected chi connectivity index (χ2v) is 7.00. The lowest BCUT2D eigenvalue weighted by atomic mass is 10.1. The molecule has 0 saturated carbocycles. The number of methoxy groups -OCH3 is 3. The first-order valence-electron chi connectivity index (χ1n) is 9.40. The molecular formula is C22H30N2O3. The first-order chi connectivity index (χ1) is 13.1. The third kappa shape index (κ3) is 3.98. The van der Waals surface area contributed by atoms with Crippen molar-refractivity contribution in [1.82, 2.24) is 4.90 Å². The fourth-order valence-electron chi connectivity index (χ4n) is 3.96. The summed E-state index contributed by atoms with van der Waals surface area (Å²) in [4.78, 5) is 4.97. The number of hydrogen-bond acceptors (Lipinski definition) is 5. The summed E-state index contributed by atoms with van der Waals surface area (Å²) in [5.74, 6) is 2.11. The van der Waals surface area contributed by atoms with Gasteiger partial charge in [0.2, 0.25) is 5.75 Å². The Morgan fingerprint density at radius 1 is 0.778 bits per heavy atom. The highest BCUT2D eigenvalue weighted by Gasteiger charge is 2.22. The lowest BCUT2D eigenvalue weighted by molar-refractivity contribution is 0.243. The molecule has 0 radical (unpaired) electrons. The maximum atomic E-state index is 5.63. The van der Waals surface area contributed by atoms with Crippen molar-refractivity contribution in [3.8, 4) is 17.2 Å². The van der Waals surface area contributed by atoms with Gasteiger partial charge in [0.05, 0.1) is 21.3 Å². The number of para-hydroxylation sites is 1. The Labute approximate surface area is 162 Å². The van der Waals surface area contributed by atoms with E-state index >= 15 is 0 Å². The summed E-state index contributed by atoms with van der Waals surface area (Å²) in [6.45, 7) is 9.33. The lowest BCUT2D eigenvalue weighted by Crippen LogP contribution is -2.46. The van der Waals surface area contributed by atoms with Gasteiger partial charge < -0.3 is 19.1 Å². The fraction of sp³-hybridized carbons (Fsp3) is 0.455. The van der Waals surface area contributed by atoms with Gasteiger partial charge in [0, 0.05) is 44.0 Å². The molecule has 5 nitrogen and oxygen atoms in total. The van der Waals surface area contributed by atoms with Gasteiger partial charge in [-0.1, -0.05) is 24.3 Å². The Morgan fingerprint density at radius 2 is 1.41 bits per heavy atom. The Kier molecular flexibility index (Phi) is 6.11. The number of anilines is 1. The van der Waals surface area contributed by atoms with E-state index in [9.17, 15) is 0 Å². The monoisotopic (exact) mass is 370 g/mol. The van der Waals surface area contributed by atoms with E-state index in [0.29, 0.717) is 11.5 Å². The molecule has 2 aromatic carbocycles. The van der Waals surface area contributed by atoms with E-state index in [-0.39, 0.29) is 0 Å². The number of benzene rings is 2. The van der Waals surface area contributed by atoms with Crippen LogP contribution in [0.25, 0.3) is 0 Å². The second-order valence-electron chi connectivity index (χ2n) is 7.00. The smallest absolute Gasteiger partial charge is 0.203 e. The van der Waals surface area contributed by atoms with Crippen molar-refractivity contribution in [2.75, 3.05) is 52.4 Å². The van der Waals surface area contributed by atoms with Crippen molar-refractivity contribution in [2.45, 2.75) is 20.4 Å². The number of nitrogens with zero attached hydrogens (tertiary/aromatic N) is 2. The summed E-state index contributed by atoms with van der Waals surface area (Å²) in [7, 11) is 4.97. The normalized spacial score (nSPS) is 14.9. The minimum absolute atomic E-state index is 0.659. The molecule has 1 aliphatic heterocycles. The molecule has 1 fully saturated rings. The van der Waals surface area contributed by atoms with Crippen LogP contribution in [0.4, 0.5) is 5.69 Å². The van der Waals surface area contributed by atoms with Gasteiger partial charge in [0.25, 0.3) is 0 Å². The first-order valence-corrected chi connectivity index (χ1v) is 9.40. The van der Waals surface area contributed by atoms with E-state index < -0.39 is 0 Å². The van der Waals surface area contributed by atoms with Gasteiger partial charge in [-0.05, 0) is 31.0 Å². The molecule has 0 aliphatic carbocycles. The molecule has 27 heavy (non-hydrogen) atoms. The molecule has 0 amide bonds. The molecule has 0 N–H and O–H groups in total. The van der Waals surface area contributed by atoms with Crippen molar-refractivity contribution in [3.05, 3.63) is 47.0 Å². The molecule has 0 aromatic heterocycles. The zero-order valence-corrected chi connectivity index (χ0v) is 17.0. The van der Waals surface area contributed by atoms with Crippen LogP contribution in [-0.2, 0) is 6.54 Å². The average molecular weight is 370 g/mol. The topological polar surface area (TPSA) is 34.2 Å². The maximum absolute atomic E-state index is 5.63. The van der Waals surface area contributed by atoms with Crippen LogP contribution in [0.2, 0.25) is 0 Å². The molecule has 1 saturated heterocycles. The number of hydrogen-bond donors (Lipinski definition) is 0. The predicted molar refractivity (Wildman–Crippen MR) is 110 cm³/mol. The molecule has 0 spiro atoms. The zero-order chi connectivity index (χ0) is 19.4. The molecule has 5 heteroatoms. The summed E-state index contributed by atoms with van der Waals surface area (Å²) in [6.07, 6.45) is 0. The molecule has 2 aromatic rings. The van der Waals surface area contributed by atoms with Gasteiger partial charge in [-0.3, -0.25) is 4.90 Å². The number of piperazine rings is 1. The van der Waals surface area contributed by atoms with Crippen LogP contribution in [0.1, 0.15) is 16.7 Å². The molecule has 0 bridgehead atoms. The van der Waals surface area contributed by atoms with Gasteiger partial charge in [-0.25, -0.2) is 0 Å². The molecule has 0 unspecified atom stereocenters. The van der Waals surface area contributed by atoms with Crippen LogP contribution in [-0.4, -0.2) is 52.4 Å². The third-order valence-corrected chi connectivity index (χ3v) is 5.31. The largest absolute Gasteiger partial charge is 0.493 e. The quantitative estimate of drug-likeness (QED) is 0.775. The average Bonchev–Trinajstić information content (AvgIpc) is 2.68. The van der Waals surface area contributed by atoms with Crippen molar-refractivity contribution in [1.29, 1.82) is 0 Å². The minimum Gasteiger partial charge on any atom is -0.493 e. The van der Waals surface area contributed by atoms with Crippen molar-refractivity contribution < 1.29 is 14.2 Å². The van der Waals surface area contributed by atoms with Crippen LogP contribution >= 0.6 is 0 Å². The first kappa shape index (κ1) is 19.4. The van der Waals surface area contributed by atoms with E-state index in [1.807, 2.05) is 6.07 Å². The Hall–Kier alpha value is -2.40. The van der Waals surface area contributed by atoms with Gasteiger partial charge in [0.1, 0.15) is 0 Å². The highest BCUT2D eigenvalue weighted by Crippen LogP contribution is 2.40. The second kappa shape index (κ2) is 8.53. The van der Waals surface area contributed by atoms with Crippen LogP contribution in [0.3, 0.4) is 0 Å². The van der Waals surface area contributed by atoms with E-state index in [0.717, 1.165) is 44.0 Å².